The van der Waals surface area contributed by atoms with E-state index in [1.807, 2.05) is 36.4 Å². The largest absolute Gasteiger partial charge is 0.444 e. The summed E-state index contributed by atoms with van der Waals surface area (Å²) in [5, 5.41) is 2.62. The summed E-state index contributed by atoms with van der Waals surface area (Å²) < 4.78 is 59.3. The van der Waals surface area contributed by atoms with Gasteiger partial charge in [-0.1, -0.05) is 24.3 Å². The van der Waals surface area contributed by atoms with Gasteiger partial charge in [0.05, 0.1) is 30.5 Å². The Bertz CT molecular complexity index is 1890. The number of alkyl carbamates (subject to hydrolysis) is 1. The summed E-state index contributed by atoms with van der Waals surface area (Å²) in [6, 6.07) is 19.6. The van der Waals surface area contributed by atoms with Crippen LogP contribution in [0.15, 0.2) is 94.7 Å². The van der Waals surface area contributed by atoms with Crippen LogP contribution in [-0.4, -0.2) is 47.1 Å². The van der Waals surface area contributed by atoms with Gasteiger partial charge in [-0.25, -0.2) is 22.4 Å². The van der Waals surface area contributed by atoms with E-state index in [2.05, 4.69) is 5.32 Å². The number of halogens is 5. The Morgan fingerprint density at radius 2 is 1.17 bits per heavy atom. The van der Waals surface area contributed by atoms with Gasteiger partial charge in [0.1, 0.15) is 34.9 Å². The number of rotatable bonds is 5. The fourth-order valence-corrected chi connectivity index (χ4v) is 7.45. The molecule has 2 heterocycles. The molecule has 0 fully saturated rings. The van der Waals surface area contributed by atoms with E-state index >= 15 is 0 Å². The quantitative estimate of drug-likeness (QED) is 0.199. The van der Waals surface area contributed by atoms with Crippen molar-refractivity contribution in [2.24, 2.45) is 5.73 Å². The Kier molecular flexibility index (Phi) is 13.7. The van der Waals surface area contributed by atoms with Crippen LogP contribution in [0, 0.1) is 23.3 Å². The van der Waals surface area contributed by atoms with Crippen LogP contribution in [0.2, 0.25) is 0 Å². The number of hydrogen-bond acceptors (Lipinski definition) is 7. The number of amides is 3. The zero-order chi connectivity index (χ0) is 36.9. The average molecular weight is 777 g/mol. The predicted molar refractivity (Wildman–Crippen MR) is 198 cm³/mol. The number of nitrogens with one attached hydrogen (secondary N) is 1. The van der Waals surface area contributed by atoms with Crippen molar-refractivity contribution >= 4 is 65.2 Å². The van der Waals surface area contributed by atoms with Gasteiger partial charge in [0.2, 0.25) is 5.91 Å². The number of anilines is 2. The van der Waals surface area contributed by atoms with Gasteiger partial charge in [-0.15, -0.1) is 35.9 Å². The summed E-state index contributed by atoms with van der Waals surface area (Å²) in [5.41, 5.74) is 7.25. The topological polar surface area (TPSA) is 105 Å². The summed E-state index contributed by atoms with van der Waals surface area (Å²) in [7, 11) is 0. The number of nitrogens with two attached hydrogens (primary N) is 1. The van der Waals surface area contributed by atoms with Gasteiger partial charge >= 0.3 is 6.09 Å². The minimum Gasteiger partial charge on any atom is -0.444 e. The zero-order valence-electron chi connectivity index (χ0n) is 28.4. The van der Waals surface area contributed by atoms with Gasteiger partial charge < -0.3 is 25.6 Å². The van der Waals surface area contributed by atoms with Crippen LogP contribution in [0.3, 0.4) is 0 Å². The summed E-state index contributed by atoms with van der Waals surface area (Å²) in [4.78, 5) is 42.6. The molecule has 4 aromatic rings. The lowest BCUT2D eigenvalue weighted by molar-refractivity contribution is -0.120. The van der Waals surface area contributed by atoms with Crippen molar-refractivity contribution < 1.29 is 36.7 Å². The van der Waals surface area contributed by atoms with Gasteiger partial charge in [-0.3, -0.25) is 9.59 Å². The standard InChI is InChI=1S/C21H22F2N2O3S.C16H14F2N2OS.ClH/c1-21(2,3)28-20(27)24-16-12-29-18-7-5-4-6-17(18)25(19(16)26)11-13-8-14(22)10-15(23)9-13;17-11-5-10(6-12(18)7-11)8-20-14-3-1-2-4-15(14)22-9-13(19)16(20)21;/h4-10,16H,11-12H2,1-3H3,(H,24,27);1-7,13H,8-9,19H2;1H. The van der Waals surface area contributed by atoms with Crippen LogP contribution in [0.5, 0.6) is 0 Å². The smallest absolute Gasteiger partial charge is 0.408 e. The summed E-state index contributed by atoms with van der Waals surface area (Å²) in [5.74, 6) is -2.59. The van der Waals surface area contributed by atoms with Gasteiger partial charge in [-0.2, -0.15) is 0 Å². The number of carbonyl (C=O) groups is 3. The molecule has 0 spiro atoms. The Hall–Kier alpha value is -4.24. The number of carbonyl (C=O) groups excluding carboxylic acids is 3. The minimum atomic E-state index is -0.847. The van der Waals surface area contributed by atoms with E-state index in [1.165, 1.54) is 57.6 Å². The highest BCUT2D eigenvalue weighted by atomic mass is 35.5. The Morgan fingerprint density at radius 3 is 1.63 bits per heavy atom. The second kappa shape index (κ2) is 17.5. The molecular formula is C37H37ClF4N4O4S2. The van der Waals surface area contributed by atoms with Crippen molar-refractivity contribution in [2.75, 3.05) is 21.3 Å². The van der Waals surface area contributed by atoms with Gasteiger partial charge in [0.25, 0.3) is 5.91 Å². The van der Waals surface area contributed by atoms with E-state index < -0.39 is 47.0 Å². The van der Waals surface area contributed by atoms with Crippen LogP contribution in [0.1, 0.15) is 31.9 Å². The van der Waals surface area contributed by atoms with E-state index in [4.69, 9.17) is 10.5 Å². The Morgan fingerprint density at radius 1 is 0.750 bits per heavy atom. The molecule has 0 radical (unpaired) electrons. The van der Waals surface area contributed by atoms with Gasteiger partial charge in [-0.05, 0) is 80.4 Å². The molecule has 2 aliphatic rings. The third kappa shape index (κ3) is 10.7. The van der Waals surface area contributed by atoms with E-state index in [1.54, 1.807) is 32.9 Å². The molecule has 8 nitrogen and oxygen atoms in total. The number of para-hydroxylation sites is 2. The second-order valence-electron chi connectivity index (χ2n) is 12.8. The number of nitrogens with zero attached hydrogens (tertiary/aromatic N) is 2. The molecule has 3 amide bonds. The Balaban J connectivity index is 0.000000236. The van der Waals surface area contributed by atoms with E-state index in [-0.39, 0.29) is 37.3 Å². The molecule has 2 aliphatic heterocycles. The number of ether oxygens (including phenoxy) is 1. The van der Waals surface area contributed by atoms with Gasteiger partial charge in [0, 0.05) is 33.4 Å². The number of hydrogen-bond donors (Lipinski definition) is 2. The molecule has 15 heteroatoms. The highest BCUT2D eigenvalue weighted by molar-refractivity contribution is 7.99. The van der Waals surface area contributed by atoms with E-state index in [0.717, 1.165) is 27.6 Å². The highest BCUT2D eigenvalue weighted by Gasteiger charge is 2.33. The van der Waals surface area contributed by atoms with E-state index in [0.29, 0.717) is 28.3 Å². The van der Waals surface area contributed by atoms with Crippen molar-refractivity contribution in [3.05, 3.63) is 119 Å². The van der Waals surface area contributed by atoms with Crippen LogP contribution in [0.25, 0.3) is 0 Å². The predicted octanol–water partition coefficient (Wildman–Crippen LogP) is 7.85. The zero-order valence-corrected chi connectivity index (χ0v) is 30.9. The maximum Gasteiger partial charge on any atom is 0.408 e. The van der Waals surface area contributed by atoms with Crippen LogP contribution >= 0.6 is 35.9 Å². The van der Waals surface area contributed by atoms with Crippen molar-refractivity contribution in [2.45, 2.75) is 61.3 Å². The lowest BCUT2D eigenvalue weighted by atomic mass is 10.1. The summed E-state index contributed by atoms with van der Waals surface area (Å²) >= 11 is 2.93. The minimum absolute atomic E-state index is 0. The lowest BCUT2D eigenvalue weighted by Crippen LogP contribution is -2.50. The molecular weight excluding hydrogens is 740 g/mol. The van der Waals surface area contributed by atoms with Crippen LogP contribution in [0.4, 0.5) is 33.7 Å². The SMILES string of the molecule is CC(C)(C)OC(=O)NC1CSc2ccccc2N(Cc2cc(F)cc(F)c2)C1=O.Cl.NC1CSc2ccccc2N(Cc2cc(F)cc(F)c2)C1=O. The third-order valence-electron chi connectivity index (χ3n) is 7.50. The first-order chi connectivity index (χ1) is 24.2. The summed E-state index contributed by atoms with van der Waals surface area (Å²) in [6.45, 7) is 5.25. The maximum absolute atomic E-state index is 13.6. The number of benzene rings is 4. The fraction of sp³-hybridized carbons (Fsp3) is 0.270. The van der Waals surface area contributed by atoms with E-state index in [9.17, 15) is 31.9 Å². The molecule has 6 rings (SSSR count). The molecule has 276 valence electrons. The maximum atomic E-state index is 13.6. The Labute approximate surface area is 313 Å². The molecule has 52 heavy (non-hydrogen) atoms. The fourth-order valence-electron chi connectivity index (χ4n) is 5.37. The molecule has 4 aromatic carbocycles. The molecule has 0 aromatic heterocycles. The van der Waals surface area contributed by atoms with Gasteiger partial charge in [0.15, 0.2) is 0 Å². The summed E-state index contributed by atoms with van der Waals surface area (Å²) in [6.07, 6.45) is -0.695. The molecule has 2 atom stereocenters. The first-order valence-electron chi connectivity index (χ1n) is 15.9. The molecule has 0 aliphatic carbocycles. The molecule has 0 bridgehead atoms. The van der Waals surface area contributed by atoms with Crippen LogP contribution in [-0.2, 0) is 27.4 Å². The second-order valence-corrected chi connectivity index (χ2v) is 14.9. The average Bonchev–Trinajstić information content (AvgIpc) is 3.24. The first kappa shape index (κ1) is 40.5. The molecule has 2 unspecified atom stereocenters. The number of thioether (sulfide) groups is 2. The normalized spacial score (nSPS) is 17.0. The third-order valence-corrected chi connectivity index (χ3v) is 9.84. The highest BCUT2D eigenvalue weighted by Crippen LogP contribution is 2.36. The monoisotopic (exact) mass is 776 g/mol. The van der Waals surface area contributed by atoms with Crippen molar-refractivity contribution in [3.63, 3.8) is 0 Å². The number of fused-ring (bicyclic) bond motifs is 2. The molecule has 0 saturated carbocycles. The first-order valence-corrected chi connectivity index (χ1v) is 17.9. The van der Waals surface area contributed by atoms with Crippen molar-refractivity contribution in [1.29, 1.82) is 0 Å². The van der Waals surface area contributed by atoms with Crippen molar-refractivity contribution in [3.8, 4) is 0 Å². The van der Waals surface area contributed by atoms with Crippen LogP contribution < -0.4 is 20.9 Å². The van der Waals surface area contributed by atoms with Crippen molar-refractivity contribution in [1.82, 2.24) is 5.32 Å². The lowest BCUT2D eigenvalue weighted by Gasteiger charge is -2.27. The molecule has 3 N–H and O–H groups in total. The molecule has 0 saturated heterocycles.